The first-order valence-corrected chi connectivity index (χ1v) is 8.83. The first-order valence-electron chi connectivity index (χ1n) is 8.83. The van der Waals surface area contributed by atoms with Gasteiger partial charge in [0.1, 0.15) is 0 Å². The smallest absolute Gasteiger partial charge is 0.0648 e. The van der Waals surface area contributed by atoms with E-state index >= 15 is 0 Å². The lowest BCUT2D eigenvalue weighted by atomic mass is 9.95. The van der Waals surface area contributed by atoms with Crippen LogP contribution < -0.4 is 0 Å². The molecule has 2 heterocycles. The van der Waals surface area contributed by atoms with Gasteiger partial charge in [0.05, 0.1) is 17.9 Å². The molecule has 0 amide bonds. The third-order valence-corrected chi connectivity index (χ3v) is 5.06. The van der Waals surface area contributed by atoms with Gasteiger partial charge in [-0.3, -0.25) is 4.90 Å². The van der Waals surface area contributed by atoms with Gasteiger partial charge < -0.3 is 4.74 Å². The molecule has 1 saturated heterocycles. The maximum Gasteiger partial charge on any atom is 0.0648 e. The van der Waals surface area contributed by atoms with E-state index in [0.717, 1.165) is 25.3 Å². The number of likely N-dealkylation sites (tertiary alicyclic amines) is 1. The molecule has 1 aliphatic heterocycles. The van der Waals surface area contributed by atoms with Crippen LogP contribution in [0.3, 0.4) is 0 Å². The second-order valence-corrected chi connectivity index (χ2v) is 6.79. The monoisotopic (exact) mass is 311 g/mol. The Morgan fingerprint density at radius 2 is 1.87 bits per heavy atom. The highest BCUT2D eigenvalue weighted by Crippen LogP contribution is 2.26. The van der Waals surface area contributed by atoms with Gasteiger partial charge in [-0.15, -0.1) is 0 Å². The Bertz CT molecular complexity index is 613. The minimum absolute atomic E-state index is 0.493. The molecule has 0 unspecified atom stereocenters. The van der Waals surface area contributed by atoms with Crippen molar-refractivity contribution in [3.05, 3.63) is 48.3 Å². The summed E-state index contributed by atoms with van der Waals surface area (Å²) in [7, 11) is 0. The van der Waals surface area contributed by atoms with Gasteiger partial charge in [0.2, 0.25) is 0 Å². The number of nitrogens with zero attached hydrogens (tertiary/aromatic N) is 3. The molecule has 2 fully saturated rings. The summed E-state index contributed by atoms with van der Waals surface area (Å²) in [6.45, 7) is 3.30. The van der Waals surface area contributed by atoms with Crippen LogP contribution in [0.1, 0.15) is 37.7 Å². The van der Waals surface area contributed by atoms with Crippen molar-refractivity contribution in [3.8, 4) is 5.69 Å². The first kappa shape index (κ1) is 14.9. The largest absolute Gasteiger partial charge is 0.375 e. The van der Waals surface area contributed by atoms with Crippen molar-refractivity contribution >= 4 is 0 Å². The quantitative estimate of drug-likeness (QED) is 0.848. The van der Waals surface area contributed by atoms with Gasteiger partial charge in [-0.1, -0.05) is 12.1 Å². The number of ether oxygens (including phenoxy) is 1. The zero-order valence-corrected chi connectivity index (χ0v) is 13.6. The van der Waals surface area contributed by atoms with Crippen molar-refractivity contribution in [2.45, 2.75) is 50.9 Å². The highest BCUT2D eigenvalue weighted by atomic mass is 16.5. The van der Waals surface area contributed by atoms with Crippen molar-refractivity contribution in [2.75, 3.05) is 13.1 Å². The van der Waals surface area contributed by atoms with E-state index in [9.17, 15) is 0 Å². The lowest BCUT2D eigenvalue weighted by Crippen LogP contribution is -2.39. The van der Waals surface area contributed by atoms with Crippen molar-refractivity contribution in [1.29, 1.82) is 0 Å². The van der Waals surface area contributed by atoms with E-state index in [1.165, 1.54) is 37.7 Å². The van der Waals surface area contributed by atoms with Gasteiger partial charge in [0.15, 0.2) is 0 Å². The molecule has 1 aromatic carbocycles. The summed E-state index contributed by atoms with van der Waals surface area (Å²) < 4.78 is 8.07. The SMILES string of the molecule is c1cc(CN2CCC(OC3CCC3)CC2)cc(-n2cccn2)c1. The minimum Gasteiger partial charge on any atom is -0.375 e. The van der Waals surface area contributed by atoms with Crippen LogP contribution in [-0.4, -0.2) is 40.0 Å². The predicted octanol–water partition coefficient (Wildman–Crippen LogP) is 3.41. The second kappa shape index (κ2) is 6.85. The number of rotatable bonds is 5. The van der Waals surface area contributed by atoms with Crippen LogP contribution in [0.4, 0.5) is 0 Å². The molecule has 122 valence electrons. The molecule has 0 atom stereocenters. The van der Waals surface area contributed by atoms with E-state index in [0.29, 0.717) is 12.2 Å². The average Bonchev–Trinajstić information content (AvgIpc) is 3.07. The molecule has 1 aliphatic carbocycles. The number of piperidine rings is 1. The summed E-state index contributed by atoms with van der Waals surface area (Å²) in [5.74, 6) is 0. The number of hydrogen-bond donors (Lipinski definition) is 0. The predicted molar refractivity (Wildman–Crippen MR) is 90.6 cm³/mol. The molecular formula is C19H25N3O. The van der Waals surface area contributed by atoms with Crippen LogP contribution in [0.5, 0.6) is 0 Å². The van der Waals surface area contributed by atoms with Gasteiger partial charge in [-0.05, 0) is 55.9 Å². The van der Waals surface area contributed by atoms with Crippen LogP contribution in [0.2, 0.25) is 0 Å². The van der Waals surface area contributed by atoms with Crippen LogP contribution in [-0.2, 0) is 11.3 Å². The summed E-state index contributed by atoms with van der Waals surface area (Å²) in [6, 6.07) is 10.6. The zero-order chi connectivity index (χ0) is 15.5. The number of aromatic nitrogens is 2. The Morgan fingerprint density at radius 1 is 1.04 bits per heavy atom. The van der Waals surface area contributed by atoms with E-state index in [1.54, 1.807) is 0 Å². The van der Waals surface area contributed by atoms with Crippen LogP contribution >= 0.6 is 0 Å². The van der Waals surface area contributed by atoms with Gasteiger partial charge in [-0.2, -0.15) is 5.10 Å². The average molecular weight is 311 g/mol. The Hall–Kier alpha value is -1.65. The van der Waals surface area contributed by atoms with Gasteiger partial charge in [-0.25, -0.2) is 4.68 Å². The fraction of sp³-hybridized carbons (Fsp3) is 0.526. The van der Waals surface area contributed by atoms with Gasteiger partial charge >= 0.3 is 0 Å². The van der Waals surface area contributed by atoms with Gasteiger partial charge in [0, 0.05) is 32.0 Å². The van der Waals surface area contributed by atoms with Crippen molar-refractivity contribution < 1.29 is 4.74 Å². The fourth-order valence-corrected chi connectivity index (χ4v) is 3.46. The van der Waals surface area contributed by atoms with E-state index in [2.05, 4.69) is 34.3 Å². The molecule has 0 spiro atoms. The fourth-order valence-electron chi connectivity index (χ4n) is 3.46. The standard InChI is InChI=1S/C19H25N3O/c1-4-16(14-17(5-1)22-11-3-10-20-22)15-21-12-8-19(9-13-21)23-18-6-2-7-18/h1,3-5,10-11,14,18-19H,2,6-9,12-13,15H2. The number of benzene rings is 1. The van der Waals surface area contributed by atoms with E-state index < -0.39 is 0 Å². The molecule has 4 rings (SSSR count). The van der Waals surface area contributed by atoms with Crippen LogP contribution in [0, 0.1) is 0 Å². The van der Waals surface area contributed by atoms with E-state index in [-0.39, 0.29) is 0 Å². The molecule has 1 aromatic heterocycles. The molecule has 0 radical (unpaired) electrons. The Labute approximate surface area is 138 Å². The van der Waals surface area contributed by atoms with Crippen molar-refractivity contribution in [2.24, 2.45) is 0 Å². The molecule has 4 nitrogen and oxygen atoms in total. The highest BCUT2D eigenvalue weighted by molar-refractivity contribution is 5.35. The van der Waals surface area contributed by atoms with Crippen LogP contribution in [0.15, 0.2) is 42.7 Å². The van der Waals surface area contributed by atoms with E-state index in [4.69, 9.17) is 4.74 Å². The normalized spacial score (nSPS) is 20.5. The van der Waals surface area contributed by atoms with Gasteiger partial charge in [0.25, 0.3) is 0 Å². The maximum absolute atomic E-state index is 6.16. The topological polar surface area (TPSA) is 30.3 Å². The van der Waals surface area contributed by atoms with Crippen LogP contribution in [0.25, 0.3) is 5.69 Å². The Morgan fingerprint density at radius 3 is 2.57 bits per heavy atom. The van der Waals surface area contributed by atoms with Crippen molar-refractivity contribution in [1.82, 2.24) is 14.7 Å². The van der Waals surface area contributed by atoms with E-state index in [1.807, 2.05) is 23.1 Å². The summed E-state index contributed by atoms with van der Waals surface area (Å²) in [5.41, 5.74) is 2.49. The summed E-state index contributed by atoms with van der Waals surface area (Å²) in [6.07, 6.45) is 11.1. The third kappa shape index (κ3) is 3.65. The molecule has 2 aliphatic rings. The molecular weight excluding hydrogens is 286 g/mol. The Kier molecular flexibility index (Phi) is 4.44. The molecule has 1 saturated carbocycles. The highest BCUT2D eigenvalue weighted by Gasteiger charge is 2.25. The zero-order valence-electron chi connectivity index (χ0n) is 13.6. The summed E-state index contributed by atoms with van der Waals surface area (Å²) >= 11 is 0. The third-order valence-electron chi connectivity index (χ3n) is 5.06. The molecule has 2 aromatic rings. The second-order valence-electron chi connectivity index (χ2n) is 6.79. The minimum atomic E-state index is 0.493. The molecule has 4 heteroatoms. The lowest BCUT2D eigenvalue weighted by Gasteiger charge is -2.36. The molecule has 0 N–H and O–H groups in total. The number of hydrogen-bond acceptors (Lipinski definition) is 3. The van der Waals surface area contributed by atoms with Crippen molar-refractivity contribution in [3.63, 3.8) is 0 Å². The Balaban J connectivity index is 1.31. The summed E-state index contributed by atoms with van der Waals surface area (Å²) in [4.78, 5) is 2.54. The summed E-state index contributed by atoms with van der Waals surface area (Å²) in [5, 5.41) is 4.31. The maximum atomic E-state index is 6.16. The molecule has 0 bridgehead atoms. The first-order chi connectivity index (χ1) is 11.4. The lowest BCUT2D eigenvalue weighted by molar-refractivity contribution is -0.0741. The molecule has 23 heavy (non-hydrogen) atoms.